The van der Waals surface area contributed by atoms with E-state index < -0.39 is 11.6 Å². The summed E-state index contributed by atoms with van der Waals surface area (Å²) in [5.41, 5.74) is 0.615. The first-order valence-electron chi connectivity index (χ1n) is 9.16. The van der Waals surface area contributed by atoms with Crippen LogP contribution in [0.25, 0.3) is 27.8 Å². The fourth-order valence-corrected chi connectivity index (χ4v) is 3.19. The fraction of sp³-hybridized carbons (Fsp3) is 0.0833. The number of hydrogen-bond donors (Lipinski definition) is 0. The molecule has 0 spiro atoms. The van der Waals surface area contributed by atoms with Crippen LogP contribution < -0.4 is 19.8 Å². The Labute approximate surface area is 171 Å². The summed E-state index contributed by atoms with van der Waals surface area (Å²) >= 11 is 0. The summed E-state index contributed by atoms with van der Waals surface area (Å²) in [5, 5.41) is 2.06. The SMILES string of the molecule is COc1ccc(/C=C/C(=O)Oc2ccc3c(c2)oc(=O)c2ccccc23)c(OC)c1. The van der Waals surface area contributed by atoms with Gasteiger partial charge in [0.05, 0.1) is 19.6 Å². The lowest BCUT2D eigenvalue weighted by Gasteiger charge is -2.07. The molecule has 30 heavy (non-hydrogen) atoms. The largest absolute Gasteiger partial charge is 0.497 e. The van der Waals surface area contributed by atoms with Gasteiger partial charge in [-0.2, -0.15) is 0 Å². The van der Waals surface area contributed by atoms with Crippen LogP contribution in [0.2, 0.25) is 0 Å². The van der Waals surface area contributed by atoms with E-state index in [1.54, 1.807) is 55.7 Å². The molecule has 0 saturated heterocycles. The van der Waals surface area contributed by atoms with Crippen molar-refractivity contribution >= 4 is 33.8 Å². The van der Waals surface area contributed by atoms with E-state index in [1.807, 2.05) is 12.1 Å². The van der Waals surface area contributed by atoms with Crippen LogP contribution in [0, 0.1) is 0 Å². The second-order valence-corrected chi connectivity index (χ2v) is 6.46. The van der Waals surface area contributed by atoms with Gasteiger partial charge in [0.1, 0.15) is 22.8 Å². The smallest absolute Gasteiger partial charge is 0.344 e. The first kappa shape index (κ1) is 19.3. The van der Waals surface area contributed by atoms with Gasteiger partial charge < -0.3 is 18.6 Å². The predicted octanol–water partition coefficient (Wildman–Crippen LogP) is 4.58. The van der Waals surface area contributed by atoms with Crippen molar-refractivity contribution in [3.05, 3.63) is 82.7 Å². The van der Waals surface area contributed by atoms with Gasteiger partial charge in [-0.15, -0.1) is 0 Å². The van der Waals surface area contributed by atoms with Gasteiger partial charge in [-0.3, -0.25) is 0 Å². The zero-order valence-corrected chi connectivity index (χ0v) is 16.4. The van der Waals surface area contributed by atoms with Crippen LogP contribution in [0.3, 0.4) is 0 Å². The molecule has 0 fully saturated rings. The third kappa shape index (κ3) is 3.75. The molecule has 0 N–H and O–H groups in total. The number of hydrogen-bond acceptors (Lipinski definition) is 6. The van der Waals surface area contributed by atoms with E-state index in [4.69, 9.17) is 18.6 Å². The average molecular weight is 402 g/mol. The van der Waals surface area contributed by atoms with E-state index in [1.165, 1.54) is 19.3 Å². The van der Waals surface area contributed by atoms with Crippen LogP contribution in [-0.4, -0.2) is 20.2 Å². The minimum Gasteiger partial charge on any atom is -0.497 e. The maximum atomic E-state index is 12.3. The van der Waals surface area contributed by atoms with E-state index in [0.717, 1.165) is 10.8 Å². The van der Waals surface area contributed by atoms with E-state index in [-0.39, 0.29) is 5.75 Å². The Morgan fingerprint density at radius 1 is 0.867 bits per heavy atom. The van der Waals surface area contributed by atoms with Gasteiger partial charge in [0.15, 0.2) is 0 Å². The van der Waals surface area contributed by atoms with Crippen molar-refractivity contribution in [3.63, 3.8) is 0 Å². The molecule has 0 aliphatic rings. The minimum atomic E-state index is -0.574. The average Bonchev–Trinajstić information content (AvgIpc) is 2.77. The molecule has 0 amide bonds. The highest BCUT2D eigenvalue weighted by molar-refractivity contribution is 6.04. The Morgan fingerprint density at radius 2 is 1.63 bits per heavy atom. The quantitative estimate of drug-likeness (QED) is 0.160. The Bertz CT molecular complexity index is 1330. The van der Waals surface area contributed by atoms with Gasteiger partial charge in [0.25, 0.3) is 0 Å². The summed E-state index contributed by atoms with van der Waals surface area (Å²) in [5.74, 6) is 0.919. The van der Waals surface area contributed by atoms with Gasteiger partial charge in [-0.05, 0) is 41.8 Å². The van der Waals surface area contributed by atoms with Crippen LogP contribution in [0.5, 0.6) is 17.2 Å². The Balaban J connectivity index is 1.58. The van der Waals surface area contributed by atoms with Crippen molar-refractivity contribution in [2.45, 2.75) is 0 Å². The van der Waals surface area contributed by atoms with Crippen molar-refractivity contribution in [2.75, 3.05) is 14.2 Å². The second-order valence-electron chi connectivity index (χ2n) is 6.46. The maximum Gasteiger partial charge on any atom is 0.344 e. The molecule has 4 rings (SSSR count). The Hall–Kier alpha value is -4.06. The first-order chi connectivity index (χ1) is 14.6. The summed E-state index contributed by atoms with van der Waals surface area (Å²) < 4.78 is 21.2. The molecule has 6 nitrogen and oxygen atoms in total. The first-order valence-corrected chi connectivity index (χ1v) is 9.16. The second kappa shape index (κ2) is 8.13. The lowest BCUT2D eigenvalue weighted by Crippen LogP contribution is -2.04. The fourth-order valence-electron chi connectivity index (χ4n) is 3.19. The molecular weight excluding hydrogens is 384 g/mol. The molecular formula is C24H18O6. The molecule has 0 atom stereocenters. The number of esters is 1. The monoisotopic (exact) mass is 402 g/mol. The summed E-state index contributed by atoms with van der Waals surface area (Å²) in [4.78, 5) is 24.4. The highest BCUT2D eigenvalue weighted by Crippen LogP contribution is 2.27. The molecule has 6 heteroatoms. The molecule has 4 aromatic rings. The van der Waals surface area contributed by atoms with Crippen molar-refractivity contribution in [2.24, 2.45) is 0 Å². The predicted molar refractivity (Wildman–Crippen MR) is 114 cm³/mol. The topological polar surface area (TPSA) is 75.0 Å². The molecule has 1 heterocycles. The number of fused-ring (bicyclic) bond motifs is 3. The number of rotatable bonds is 5. The molecule has 0 aliphatic heterocycles. The van der Waals surface area contributed by atoms with Crippen molar-refractivity contribution in [1.82, 2.24) is 0 Å². The third-order valence-electron chi connectivity index (χ3n) is 4.65. The van der Waals surface area contributed by atoms with Gasteiger partial charge in [0, 0.05) is 29.2 Å². The lowest BCUT2D eigenvalue weighted by atomic mass is 10.1. The van der Waals surface area contributed by atoms with Crippen molar-refractivity contribution < 1.29 is 23.4 Å². The van der Waals surface area contributed by atoms with Crippen LogP contribution in [0.1, 0.15) is 5.56 Å². The van der Waals surface area contributed by atoms with E-state index in [2.05, 4.69) is 0 Å². The molecule has 3 aromatic carbocycles. The van der Waals surface area contributed by atoms with Gasteiger partial charge in [0.2, 0.25) is 0 Å². The highest BCUT2D eigenvalue weighted by Gasteiger charge is 2.10. The summed E-state index contributed by atoms with van der Waals surface area (Å²) in [6.07, 6.45) is 2.89. The van der Waals surface area contributed by atoms with E-state index in [9.17, 15) is 9.59 Å². The lowest BCUT2D eigenvalue weighted by molar-refractivity contribution is -0.128. The van der Waals surface area contributed by atoms with Gasteiger partial charge in [-0.1, -0.05) is 18.2 Å². The molecule has 1 aromatic heterocycles. The zero-order valence-electron chi connectivity index (χ0n) is 16.4. The third-order valence-corrected chi connectivity index (χ3v) is 4.65. The number of methoxy groups -OCH3 is 2. The molecule has 0 aliphatic carbocycles. The molecule has 0 unspecified atom stereocenters. The Morgan fingerprint density at radius 3 is 2.40 bits per heavy atom. The van der Waals surface area contributed by atoms with Gasteiger partial charge in [-0.25, -0.2) is 9.59 Å². The van der Waals surface area contributed by atoms with Crippen molar-refractivity contribution in [1.29, 1.82) is 0 Å². The minimum absolute atomic E-state index is 0.275. The number of ether oxygens (including phenoxy) is 3. The van der Waals surface area contributed by atoms with E-state index >= 15 is 0 Å². The zero-order chi connectivity index (χ0) is 21.1. The van der Waals surface area contributed by atoms with E-state index in [0.29, 0.717) is 28.0 Å². The van der Waals surface area contributed by atoms with Crippen LogP contribution in [-0.2, 0) is 4.79 Å². The van der Waals surface area contributed by atoms with Gasteiger partial charge >= 0.3 is 11.6 Å². The maximum absolute atomic E-state index is 12.3. The number of benzene rings is 3. The molecule has 0 radical (unpaired) electrons. The standard InChI is InChI=1S/C24H18O6/c1-27-16-9-7-15(21(13-16)28-2)8-12-23(25)29-17-10-11-19-18-5-3-4-6-20(18)24(26)30-22(19)14-17/h3-14H,1-2H3/b12-8+. The van der Waals surface area contributed by atoms with Crippen LogP contribution >= 0.6 is 0 Å². The van der Waals surface area contributed by atoms with Crippen LogP contribution in [0.4, 0.5) is 0 Å². The number of carbonyl (C=O) groups is 1. The molecule has 0 saturated carbocycles. The van der Waals surface area contributed by atoms with Crippen LogP contribution in [0.15, 0.2) is 76.0 Å². The normalized spacial score (nSPS) is 11.1. The summed E-state index contributed by atoms with van der Waals surface area (Å²) in [6, 6.07) is 17.4. The number of carbonyl (C=O) groups excluding carboxylic acids is 1. The summed E-state index contributed by atoms with van der Waals surface area (Å²) in [7, 11) is 3.10. The van der Waals surface area contributed by atoms with Crippen molar-refractivity contribution in [3.8, 4) is 17.2 Å². The molecule has 0 bridgehead atoms. The molecule has 150 valence electrons. The highest BCUT2D eigenvalue weighted by atomic mass is 16.5. The summed E-state index contributed by atoms with van der Waals surface area (Å²) in [6.45, 7) is 0. The Kier molecular flexibility index (Phi) is 5.22.